The van der Waals surface area contributed by atoms with Gasteiger partial charge >= 0.3 is 103 Å². The molecule has 8 rings (SSSR count). The first-order chi connectivity index (χ1) is 27.7. The van der Waals surface area contributed by atoms with Crippen molar-refractivity contribution in [3.05, 3.63) is 218 Å². The molecule has 0 atom stereocenters. The third-order valence-electron chi connectivity index (χ3n) is 6.91. The Labute approximate surface area is 372 Å². The van der Waals surface area contributed by atoms with E-state index in [0.29, 0.717) is 0 Å². The van der Waals surface area contributed by atoms with Crippen LogP contribution in [0.1, 0.15) is 11.4 Å². The fourth-order valence-electron chi connectivity index (χ4n) is 4.69. The predicted octanol–water partition coefficient (Wildman–Crippen LogP) is 16.2. The Balaban J connectivity index is 0.000000300. The average molecular weight is 1040 g/mol. The fourth-order valence-corrected chi connectivity index (χ4v) is 4.69. The summed E-state index contributed by atoms with van der Waals surface area (Å²) in [6, 6.07) is 32.8. The van der Waals surface area contributed by atoms with Crippen molar-refractivity contribution < 1.29 is 86.9 Å². The maximum atomic E-state index is 9.87. The number of hydrogen-bond acceptors (Lipinski definition) is 4. The molecule has 62 heavy (non-hydrogen) atoms. The summed E-state index contributed by atoms with van der Waals surface area (Å²) < 4.78 is 118. The molecule has 5 heterocycles. The minimum atomic E-state index is -10.7. The largest absolute Gasteiger partial charge is 3.00 e. The van der Waals surface area contributed by atoms with Gasteiger partial charge in [-0.2, -0.15) is 0 Å². The van der Waals surface area contributed by atoms with Gasteiger partial charge < -0.3 is 5.32 Å². The van der Waals surface area contributed by atoms with Crippen LogP contribution in [0.15, 0.2) is 176 Å². The fraction of sp³-hybridized carbons (Fsp3) is 0. The van der Waals surface area contributed by atoms with E-state index in [9.17, 15) is 50.4 Å². The van der Waals surface area contributed by atoms with E-state index < -0.39 is 15.6 Å². The van der Waals surface area contributed by atoms with Gasteiger partial charge in [0.05, 0.1) is 0 Å². The van der Waals surface area contributed by atoms with Crippen molar-refractivity contribution in [2.24, 2.45) is 0 Å². The Bertz CT molecular complexity index is 2220. The van der Waals surface area contributed by atoms with Gasteiger partial charge in [0, 0.05) is 47.6 Å². The van der Waals surface area contributed by atoms with E-state index in [-0.39, 0.29) is 36.5 Å². The minimum Gasteiger partial charge on any atom is -0.295 e. The summed E-state index contributed by atoms with van der Waals surface area (Å²) in [6.07, 6.45) is 29.6. The normalized spacial score (nSPS) is 15.7. The maximum absolute atomic E-state index is 10.7. The number of aromatic nitrogens is 4. The van der Waals surface area contributed by atoms with Crippen LogP contribution in [0.4, 0.5) is 50.4 Å². The van der Waals surface area contributed by atoms with E-state index in [0.717, 1.165) is 50.9 Å². The molecule has 5 aromatic rings. The first-order valence-corrected chi connectivity index (χ1v) is 21.0. The molecule has 0 spiro atoms. The second kappa shape index (κ2) is 20.5. The molecule has 0 saturated carbocycles. The number of pyridine rings is 4. The maximum Gasteiger partial charge on any atom is 3.00 e. The summed E-state index contributed by atoms with van der Waals surface area (Å²) in [5, 5.41) is 4.76. The molecule has 0 saturated heterocycles. The van der Waals surface area contributed by atoms with Crippen LogP contribution < -0.4 is 0 Å². The summed E-state index contributed by atoms with van der Waals surface area (Å²) in [7, 11) is -21.3. The number of hydrogen-bond donors (Lipinski definition) is 0. The van der Waals surface area contributed by atoms with Crippen LogP contribution in [0.5, 0.6) is 0 Å². The van der Waals surface area contributed by atoms with Crippen LogP contribution in [0.3, 0.4) is 0 Å². The van der Waals surface area contributed by atoms with E-state index in [1.807, 2.05) is 135 Å². The third kappa shape index (κ3) is 24.5. The molecule has 0 fully saturated rings. The summed E-state index contributed by atoms with van der Waals surface area (Å²) in [5.74, 6) is 0. The number of allylic oxidation sites excluding steroid dienone is 10. The van der Waals surface area contributed by atoms with Gasteiger partial charge in [-0.15, -0.1) is 48.5 Å². The Hall–Kier alpha value is -4.91. The Morgan fingerprint density at radius 1 is 0.468 bits per heavy atom. The van der Waals surface area contributed by atoms with Crippen molar-refractivity contribution in [1.82, 2.24) is 19.9 Å². The zero-order chi connectivity index (χ0) is 44.0. The molecule has 1 aliphatic heterocycles. The van der Waals surface area contributed by atoms with E-state index in [1.54, 1.807) is 24.8 Å². The Kier molecular flexibility index (Phi) is 17.6. The van der Waals surface area contributed by atoms with Crippen molar-refractivity contribution >= 4 is 27.0 Å². The zero-order valence-corrected chi connectivity index (χ0v) is 35.8. The molecular formula is C41H30F12FeN5P2Ru. The van der Waals surface area contributed by atoms with Gasteiger partial charge in [0.25, 0.3) is 0 Å². The molecule has 2 aliphatic carbocycles. The SMILES string of the molecule is C1=CC(=C2C=C(c3ccccn3)[N-]C(c3ccccn3)=C2)C=C1.F[P-](F)(F)(F)(F)F.F[P-](F)(F)(F)(F)F.[CH]1[CH][CH-]C=C1.[Fe+2].[Ru+3].[c-]1c(-c2ccccn2)cccc1-c1ccccn1. The molecule has 0 bridgehead atoms. The van der Waals surface area contributed by atoms with Crippen LogP contribution in [-0.4, -0.2) is 19.9 Å². The van der Waals surface area contributed by atoms with E-state index >= 15 is 0 Å². The third-order valence-corrected chi connectivity index (χ3v) is 6.91. The van der Waals surface area contributed by atoms with Gasteiger partial charge in [0.2, 0.25) is 0 Å². The van der Waals surface area contributed by atoms with Gasteiger partial charge in [0.15, 0.2) is 0 Å². The summed E-state index contributed by atoms with van der Waals surface area (Å²) >= 11 is 0. The smallest absolute Gasteiger partial charge is 0.295 e. The minimum absolute atomic E-state index is 0. The molecule has 3 radical (unpaired) electrons. The van der Waals surface area contributed by atoms with E-state index in [2.05, 4.69) is 50.3 Å². The molecule has 5 nitrogen and oxygen atoms in total. The van der Waals surface area contributed by atoms with Crippen LogP contribution in [0.2, 0.25) is 0 Å². The van der Waals surface area contributed by atoms with Crippen molar-refractivity contribution in [2.45, 2.75) is 0 Å². The van der Waals surface area contributed by atoms with Gasteiger partial charge in [-0.25, -0.2) is 18.6 Å². The standard InChI is InChI=1S/C20H14N3.C16H11N2.C5H5.2F6P.Fe.Ru/c1-2-8-15(7-1)16-13-19(17-9-3-5-11-21-17)23-20(14-16)18-10-4-6-12-22-18;1-3-10-17-15(8-1)13-6-5-7-14(12-13)16-9-2-4-11-18-16;1-2-4-5-3-1;2*1-7(2,3,4,5)6;;/h1-14H;1-11H;1-5H;;;;/q5*-1;+2;+3. The molecule has 1 aromatic carbocycles. The molecule has 4 aromatic heterocycles. The first kappa shape index (κ1) is 53.2. The molecule has 21 heteroatoms. The first-order valence-electron chi connectivity index (χ1n) is 17.0. The van der Waals surface area contributed by atoms with Crippen LogP contribution in [0, 0.1) is 25.3 Å². The van der Waals surface area contributed by atoms with Crippen molar-refractivity contribution in [1.29, 1.82) is 0 Å². The van der Waals surface area contributed by atoms with Crippen LogP contribution in [0.25, 0.3) is 39.2 Å². The number of rotatable bonds is 4. The molecule has 0 unspecified atom stereocenters. The molecule has 3 aliphatic rings. The molecule has 0 N–H and O–H groups in total. The number of nitrogens with zero attached hydrogens (tertiary/aromatic N) is 5. The van der Waals surface area contributed by atoms with Gasteiger partial charge in [-0.05, 0) is 47.5 Å². The number of halogens is 12. The van der Waals surface area contributed by atoms with Gasteiger partial charge in [0.1, 0.15) is 0 Å². The monoisotopic (exact) mass is 1040 g/mol. The second-order valence-corrected chi connectivity index (χ2v) is 15.9. The van der Waals surface area contributed by atoms with Crippen LogP contribution >= 0.6 is 15.6 Å². The zero-order valence-electron chi connectivity index (χ0n) is 31.2. The molecule has 0 amide bonds. The molecule has 329 valence electrons. The van der Waals surface area contributed by atoms with Gasteiger partial charge in [-0.3, -0.25) is 19.9 Å². The summed E-state index contributed by atoms with van der Waals surface area (Å²) in [5.41, 5.74) is 9.53. The quantitative estimate of drug-likeness (QED) is 0.0779. The van der Waals surface area contributed by atoms with Crippen molar-refractivity contribution in [3.63, 3.8) is 0 Å². The summed E-state index contributed by atoms with van der Waals surface area (Å²) in [4.78, 5) is 17.5. The summed E-state index contributed by atoms with van der Waals surface area (Å²) in [6.45, 7) is 0. The van der Waals surface area contributed by atoms with Crippen LogP contribution in [-0.2, 0) is 36.5 Å². The van der Waals surface area contributed by atoms with E-state index in [4.69, 9.17) is 5.32 Å². The topological polar surface area (TPSA) is 65.7 Å². The second-order valence-electron chi connectivity index (χ2n) is 12.0. The Morgan fingerprint density at radius 3 is 1.13 bits per heavy atom. The predicted molar refractivity (Wildman–Crippen MR) is 214 cm³/mol. The van der Waals surface area contributed by atoms with Gasteiger partial charge in [-0.1, -0.05) is 84.0 Å². The molecular weight excluding hydrogens is 1010 g/mol. The van der Waals surface area contributed by atoms with E-state index in [1.165, 1.54) is 5.57 Å². The van der Waals surface area contributed by atoms with Crippen molar-refractivity contribution in [3.8, 4) is 22.5 Å². The van der Waals surface area contributed by atoms with Crippen molar-refractivity contribution in [2.75, 3.05) is 0 Å². The Morgan fingerprint density at radius 2 is 0.839 bits per heavy atom. The number of benzene rings is 1. The average Bonchev–Trinajstić information content (AvgIpc) is 3.96.